The van der Waals surface area contributed by atoms with Gasteiger partial charge in [0, 0.05) is 37.3 Å². The fourth-order valence-corrected chi connectivity index (χ4v) is 5.45. The van der Waals surface area contributed by atoms with E-state index in [9.17, 15) is 18.8 Å². The van der Waals surface area contributed by atoms with Crippen LogP contribution in [0, 0.1) is 18.7 Å². The van der Waals surface area contributed by atoms with E-state index < -0.39 is 17.8 Å². The highest BCUT2D eigenvalue weighted by atomic mass is 35.5. The first-order valence-electron chi connectivity index (χ1n) is 14.7. The second kappa shape index (κ2) is 14.0. The van der Waals surface area contributed by atoms with Gasteiger partial charge in [-0.15, -0.1) is 0 Å². The molecule has 1 aliphatic rings. The maximum absolute atomic E-state index is 14.7. The molecule has 11 nitrogen and oxygen atoms in total. The van der Waals surface area contributed by atoms with Crippen LogP contribution < -0.4 is 16.0 Å². The van der Waals surface area contributed by atoms with Crippen molar-refractivity contribution in [3.63, 3.8) is 0 Å². The summed E-state index contributed by atoms with van der Waals surface area (Å²) in [7, 11) is 1.59. The molecule has 2 atom stereocenters. The van der Waals surface area contributed by atoms with Crippen LogP contribution in [0.5, 0.6) is 0 Å². The van der Waals surface area contributed by atoms with Gasteiger partial charge in [0.2, 0.25) is 11.8 Å². The summed E-state index contributed by atoms with van der Waals surface area (Å²) in [4.78, 5) is 51.2. The molecule has 0 fully saturated rings. The lowest BCUT2D eigenvalue weighted by Crippen LogP contribution is -2.30. The molecule has 2 bridgehead atoms. The second-order valence-electron chi connectivity index (χ2n) is 11.1. The average molecular weight is 636 g/mol. The Hall–Kier alpha value is -4.55. The quantitative estimate of drug-likeness (QED) is 0.176. The maximum Gasteiger partial charge on any atom is 0.272 e. The van der Waals surface area contributed by atoms with Crippen LogP contribution in [0.3, 0.4) is 0 Å². The van der Waals surface area contributed by atoms with E-state index >= 15 is 0 Å². The van der Waals surface area contributed by atoms with Gasteiger partial charge in [0.25, 0.3) is 5.91 Å². The highest BCUT2D eigenvalue weighted by Gasteiger charge is 2.26. The summed E-state index contributed by atoms with van der Waals surface area (Å²) in [6, 6.07) is 9.41. The molecule has 5 rings (SSSR count). The molecule has 3 amide bonds. The molecule has 4 N–H and O–H groups in total. The summed E-state index contributed by atoms with van der Waals surface area (Å²) in [5.74, 6) is -1.13. The highest BCUT2D eigenvalue weighted by molar-refractivity contribution is 6.30. The first kappa shape index (κ1) is 31.9. The minimum atomic E-state index is -0.607. The number of nitrogens with one attached hydrogen (secondary N) is 4. The van der Waals surface area contributed by atoms with Gasteiger partial charge in [-0.05, 0) is 56.5 Å². The third-order valence-electron chi connectivity index (χ3n) is 7.82. The van der Waals surface area contributed by atoms with E-state index in [4.69, 9.17) is 16.3 Å². The molecule has 45 heavy (non-hydrogen) atoms. The Morgan fingerprint density at radius 1 is 1.20 bits per heavy atom. The summed E-state index contributed by atoms with van der Waals surface area (Å²) >= 11 is 5.97. The molecule has 2 unspecified atom stereocenters. The third kappa shape index (κ3) is 7.23. The highest BCUT2D eigenvalue weighted by Crippen LogP contribution is 2.33. The van der Waals surface area contributed by atoms with Gasteiger partial charge in [0.05, 0.1) is 40.0 Å². The van der Waals surface area contributed by atoms with Crippen LogP contribution in [0.4, 0.5) is 15.8 Å². The van der Waals surface area contributed by atoms with Crippen molar-refractivity contribution in [2.75, 3.05) is 24.4 Å². The molecule has 0 saturated carbocycles. The van der Waals surface area contributed by atoms with Crippen molar-refractivity contribution in [2.24, 2.45) is 5.92 Å². The SMILES string of the molecule is COCCCC(=O)Nc1ccc2c(c1)NC(=O)C(C)CCCC(NC(=O)c1ncn(-c3cccc(Cl)c3F)c1C)c1ncc-2[nH]1. The van der Waals surface area contributed by atoms with E-state index in [-0.39, 0.29) is 34.1 Å². The van der Waals surface area contributed by atoms with Gasteiger partial charge in [0.1, 0.15) is 17.8 Å². The smallest absolute Gasteiger partial charge is 0.272 e. The van der Waals surface area contributed by atoms with Crippen LogP contribution >= 0.6 is 11.6 Å². The number of benzene rings is 2. The zero-order valence-corrected chi connectivity index (χ0v) is 26.0. The first-order valence-corrected chi connectivity index (χ1v) is 15.1. The molecule has 236 valence electrons. The van der Waals surface area contributed by atoms with Gasteiger partial charge >= 0.3 is 0 Å². The van der Waals surface area contributed by atoms with Gasteiger partial charge in [-0.2, -0.15) is 0 Å². The van der Waals surface area contributed by atoms with Crippen LogP contribution in [0.2, 0.25) is 5.02 Å². The van der Waals surface area contributed by atoms with Gasteiger partial charge in [-0.25, -0.2) is 14.4 Å². The van der Waals surface area contributed by atoms with Crippen molar-refractivity contribution in [3.05, 3.63) is 77.0 Å². The molecule has 0 saturated heterocycles. The van der Waals surface area contributed by atoms with E-state index in [1.807, 2.05) is 6.92 Å². The Bertz CT molecular complexity index is 1720. The number of imidazole rings is 2. The van der Waals surface area contributed by atoms with Crippen LogP contribution in [-0.4, -0.2) is 51.0 Å². The minimum Gasteiger partial charge on any atom is -0.385 e. The minimum absolute atomic E-state index is 0.0307. The summed E-state index contributed by atoms with van der Waals surface area (Å²) in [5, 5.41) is 8.89. The average Bonchev–Trinajstić information content (AvgIpc) is 3.65. The van der Waals surface area contributed by atoms with Crippen molar-refractivity contribution in [2.45, 2.75) is 52.0 Å². The van der Waals surface area contributed by atoms with Crippen molar-refractivity contribution < 1.29 is 23.5 Å². The Kier molecular flexibility index (Phi) is 9.94. The molecule has 1 aliphatic heterocycles. The fraction of sp³-hybridized carbons (Fsp3) is 0.344. The Balaban J connectivity index is 1.41. The van der Waals surface area contributed by atoms with Crippen molar-refractivity contribution in [1.82, 2.24) is 24.8 Å². The van der Waals surface area contributed by atoms with Crippen LogP contribution in [0.15, 0.2) is 48.9 Å². The van der Waals surface area contributed by atoms with Gasteiger partial charge in [-0.1, -0.05) is 31.0 Å². The number of hydrogen-bond acceptors (Lipinski definition) is 6. The van der Waals surface area contributed by atoms with E-state index in [1.165, 1.54) is 17.0 Å². The summed E-state index contributed by atoms with van der Waals surface area (Å²) in [5.41, 5.74) is 3.15. The normalized spacial score (nSPS) is 16.6. The number of rotatable bonds is 8. The molecular formula is C32H35ClFN7O4. The largest absolute Gasteiger partial charge is 0.385 e. The summed E-state index contributed by atoms with van der Waals surface area (Å²) in [6.07, 6.45) is 5.64. The number of fused-ring (bicyclic) bond motifs is 4. The number of H-pyrrole nitrogens is 1. The number of halogens is 2. The second-order valence-corrected chi connectivity index (χ2v) is 11.5. The lowest BCUT2D eigenvalue weighted by atomic mass is 9.99. The lowest BCUT2D eigenvalue weighted by molar-refractivity contribution is -0.119. The number of aromatic amines is 1. The number of nitrogens with zero attached hydrogens (tertiary/aromatic N) is 3. The number of aromatic nitrogens is 4. The predicted octanol–water partition coefficient (Wildman–Crippen LogP) is 5.96. The Labute approximate surface area is 264 Å². The predicted molar refractivity (Wildman–Crippen MR) is 169 cm³/mol. The molecule has 0 aliphatic carbocycles. The van der Waals surface area contributed by atoms with Gasteiger partial charge in [0.15, 0.2) is 5.82 Å². The third-order valence-corrected chi connectivity index (χ3v) is 8.12. The first-order chi connectivity index (χ1) is 21.7. The Morgan fingerprint density at radius 3 is 2.82 bits per heavy atom. The zero-order chi connectivity index (χ0) is 32.1. The maximum atomic E-state index is 14.7. The number of carbonyl (C=O) groups excluding carboxylic acids is 3. The molecule has 2 aromatic heterocycles. The summed E-state index contributed by atoms with van der Waals surface area (Å²) < 4.78 is 21.2. The standard InChI is InChI=1S/C32H35ClFN7O4/c1-18-7-4-9-23(39-32(44)29-19(2)41(17-36-29)26-10-5-8-22(33)28(26)34)30-35-16-25(38-30)21-13-12-20(15-24(21)40-31(18)43)37-27(42)11-6-14-45-3/h5,8,10,12-13,15-18,23H,4,6-7,9,11,14H2,1-3H3,(H,35,38)(H,37,42)(H,39,44)(H,40,43). The van der Waals surface area contributed by atoms with Gasteiger partial charge in [-0.3, -0.25) is 19.0 Å². The zero-order valence-electron chi connectivity index (χ0n) is 25.2. The fourth-order valence-electron chi connectivity index (χ4n) is 5.28. The van der Waals surface area contributed by atoms with Gasteiger partial charge < -0.3 is 25.7 Å². The van der Waals surface area contributed by atoms with Crippen molar-refractivity contribution in [1.29, 1.82) is 0 Å². The summed E-state index contributed by atoms with van der Waals surface area (Å²) in [6.45, 7) is 4.02. The molecule has 4 aromatic rings. The molecule has 13 heteroatoms. The van der Waals surface area contributed by atoms with Crippen LogP contribution in [-0.2, 0) is 14.3 Å². The Morgan fingerprint density at radius 2 is 2.02 bits per heavy atom. The topological polar surface area (TPSA) is 143 Å². The molecule has 0 spiro atoms. The monoisotopic (exact) mass is 635 g/mol. The lowest BCUT2D eigenvalue weighted by Gasteiger charge is -2.20. The number of hydrogen-bond donors (Lipinski definition) is 4. The van der Waals surface area contributed by atoms with E-state index in [2.05, 4.69) is 30.9 Å². The van der Waals surface area contributed by atoms with E-state index in [0.717, 1.165) is 0 Å². The van der Waals surface area contributed by atoms with E-state index in [0.29, 0.717) is 72.9 Å². The van der Waals surface area contributed by atoms with E-state index in [1.54, 1.807) is 50.6 Å². The number of ether oxygens (including phenoxy) is 1. The molecular weight excluding hydrogens is 601 g/mol. The number of methoxy groups -OCH3 is 1. The van der Waals surface area contributed by atoms with Crippen LogP contribution in [0.25, 0.3) is 16.9 Å². The van der Waals surface area contributed by atoms with Crippen molar-refractivity contribution >= 4 is 40.7 Å². The number of anilines is 2. The molecule has 2 aromatic carbocycles. The molecule has 3 heterocycles. The van der Waals surface area contributed by atoms with Crippen molar-refractivity contribution in [3.8, 4) is 16.9 Å². The number of carbonyl (C=O) groups is 3. The molecule has 0 radical (unpaired) electrons. The van der Waals surface area contributed by atoms with Crippen LogP contribution in [0.1, 0.15) is 67.1 Å². The number of amides is 3.